The number of hydrogen-bond acceptors (Lipinski definition) is 3. The van der Waals surface area contributed by atoms with Crippen molar-refractivity contribution < 1.29 is 4.74 Å². The standard InChI is InChI=1S/C15H17ClN2O/c1-17-9-14-3-2-4-15(18-14)11-19-10-12-5-7-13(16)8-6-12/h2-8,17H,9-11H2,1H3. The van der Waals surface area contributed by atoms with Gasteiger partial charge in [-0.05, 0) is 36.9 Å². The molecule has 1 heterocycles. The monoisotopic (exact) mass is 276 g/mol. The molecule has 3 nitrogen and oxygen atoms in total. The first kappa shape index (κ1) is 14.0. The van der Waals surface area contributed by atoms with E-state index in [-0.39, 0.29) is 0 Å². The molecule has 0 saturated heterocycles. The van der Waals surface area contributed by atoms with Crippen LogP contribution in [0.4, 0.5) is 0 Å². The first-order valence-electron chi connectivity index (χ1n) is 6.19. The fourth-order valence-electron chi connectivity index (χ4n) is 1.74. The molecule has 19 heavy (non-hydrogen) atoms. The number of aromatic nitrogens is 1. The number of nitrogens with zero attached hydrogens (tertiary/aromatic N) is 1. The van der Waals surface area contributed by atoms with E-state index in [0.717, 1.165) is 28.5 Å². The van der Waals surface area contributed by atoms with E-state index in [1.54, 1.807) is 0 Å². The highest BCUT2D eigenvalue weighted by atomic mass is 35.5. The predicted octanol–water partition coefficient (Wildman–Crippen LogP) is 3.17. The smallest absolute Gasteiger partial charge is 0.0892 e. The van der Waals surface area contributed by atoms with Crippen LogP contribution in [0, 0.1) is 0 Å². The van der Waals surface area contributed by atoms with Crippen molar-refractivity contribution in [3.05, 3.63) is 64.4 Å². The molecule has 0 aliphatic rings. The normalized spacial score (nSPS) is 10.6. The van der Waals surface area contributed by atoms with E-state index in [0.29, 0.717) is 13.2 Å². The molecule has 1 aromatic heterocycles. The Kier molecular flexibility index (Phi) is 5.33. The zero-order valence-corrected chi connectivity index (χ0v) is 11.7. The second-order valence-corrected chi connectivity index (χ2v) is 4.71. The molecule has 0 fully saturated rings. The molecular formula is C15H17ClN2O. The summed E-state index contributed by atoms with van der Waals surface area (Å²) in [5.41, 5.74) is 3.08. The second-order valence-electron chi connectivity index (χ2n) is 4.27. The SMILES string of the molecule is CNCc1cccc(COCc2ccc(Cl)cc2)n1. The van der Waals surface area contributed by atoms with Crippen LogP contribution in [-0.4, -0.2) is 12.0 Å². The summed E-state index contributed by atoms with van der Waals surface area (Å²) < 4.78 is 5.65. The maximum Gasteiger partial charge on any atom is 0.0892 e. The van der Waals surface area contributed by atoms with Gasteiger partial charge in [0.1, 0.15) is 0 Å². The summed E-state index contributed by atoms with van der Waals surface area (Å²) >= 11 is 5.83. The van der Waals surface area contributed by atoms with Crippen molar-refractivity contribution in [3.63, 3.8) is 0 Å². The Labute approximate surface area is 118 Å². The van der Waals surface area contributed by atoms with E-state index in [9.17, 15) is 0 Å². The van der Waals surface area contributed by atoms with Crippen LogP contribution in [0.25, 0.3) is 0 Å². The zero-order chi connectivity index (χ0) is 13.5. The Bertz CT molecular complexity index is 514. The summed E-state index contributed by atoms with van der Waals surface area (Å²) in [5.74, 6) is 0. The molecular weight excluding hydrogens is 260 g/mol. The number of hydrogen-bond donors (Lipinski definition) is 1. The minimum Gasteiger partial charge on any atom is -0.370 e. The topological polar surface area (TPSA) is 34.1 Å². The highest BCUT2D eigenvalue weighted by molar-refractivity contribution is 6.30. The first-order valence-corrected chi connectivity index (χ1v) is 6.57. The third-order valence-corrected chi connectivity index (χ3v) is 2.91. The maximum absolute atomic E-state index is 5.83. The molecule has 0 aliphatic heterocycles. The summed E-state index contributed by atoms with van der Waals surface area (Å²) in [7, 11) is 1.91. The highest BCUT2D eigenvalue weighted by Gasteiger charge is 1.99. The Morgan fingerprint density at radius 2 is 1.79 bits per heavy atom. The molecule has 4 heteroatoms. The van der Waals surface area contributed by atoms with Gasteiger partial charge in [0.2, 0.25) is 0 Å². The minimum atomic E-state index is 0.514. The summed E-state index contributed by atoms with van der Waals surface area (Å²) in [5, 5.41) is 3.82. The van der Waals surface area contributed by atoms with Gasteiger partial charge in [0.05, 0.1) is 24.6 Å². The molecule has 0 radical (unpaired) electrons. The van der Waals surface area contributed by atoms with Gasteiger partial charge in [-0.2, -0.15) is 0 Å². The van der Waals surface area contributed by atoms with E-state index in [1.165, 1.54) is 0 Å². The Hall–Kier alpha value is -1.42. The molecule has 0 atom stereocenters. The van der Waals surface area contributed by atoms with Gasteiger partial charge in [0.15, 0.2) is 0 Å². The molecule has 0 amide bonds. The molecule has 0 spiro atoms. The lowest BCUT2D eigenvalue weighted by Crippen LogP contribution is -2.08. The molecule has 0 aliphatic carbocycles. The second kappa shape index (κ2) is 7.24. The van der Waals surface area contributed by atoms with Crippen LogP contribution in [0.1, 0.15) is 17.0 Å². The van der Waals surface area contributed by atoms with Crippen molar-refractivity contribution in [2.75, 3.05) is 7.05 Å². The van der Waals surface area contributed by atoms with Crippen LogP contribution >= 0.6 is 11.6 Å². The third-order valence-electron chi connectivity index (χ3n) is 2.65. The fraction of sp³-hybridized carbons (Fsp3) is 0.267. The number of ether oxygens (including phenoxy) is 1. The van der Waals surface area contributed by atoms with Gasteiger partial charge in [0, 0.05) is 11.6 Å². The Morgan fingerprint density at radius 3 is 2.53 bits per heavy atom. The van der Waals surface area contributed by atoms with Crippen LogP contribution in [0.2, 0.25) is 5.02 Å². The molecule has 0 saturated carbocycles. The molecule has 0 bridgehead atoms. The van der Waals surface area contributed by atoms with Crippen LogP contribution in [-0.2, 0) is 24.5 Å². The Morgan fingerprint density at radius 1 is 1.05 bits per heavy atom. The van der Waals surface area contributed by atoms with Crippen LogP contribution in [0.5, 0.6) is 0 Å². The summed E-state index contributed by atoms with van der Waals surface area (Å²) in [6.45, 7) is 1.85. The van der Waals surface area contributed by atoms with Crippen molar-refractivity contribution in [2.45, 2.75) is 19.8 Å². The fourth-order valence-corrected chi connectivity index (χ4v) is 1.87. The van der Waals surface area contributed by atoms with Crippen LogP contribution in [0.15, 0.2) is 42.5 Å². The molecule has 0 unspecified atom stereocenters. The molecule has 2 aromatic rings. The average molecular weight is 277 g/mol. The molecule has 1 N–H and O–H groups in total. The number of halogens is 1. The summed E-state index contributed by atoms with van der Waals surface area (Å²) in [6.07, 6.45) is 0. The van der Waals surface area contributed by atoms with Gasteiger partial charge >= 0.3 is 0 Å². The van der Waals surface area contributed by atoms with Gasteiger partial charge in [-0.25, -0.2) is 0 Å². The van der Waals surface area contributed by atoms with E-state index < -0.39 is 0 Å². The lowest BCUT2D eigenvalue weighted by Gasteiger charge is -2.06. The third kappa shape index (κ3) is 4.63. The number of rotatable bonds is 6. The number of nitrogens with one attached hydrogen (secondary N) is 1. The molecule has 2 rings (SSSR count). The zero-order valence-electron chi connectivity index (χ0n) is 10.9. The van der Waals surface area contributed by atoms with Crippen LogP contribution in [0.3, 0.4) is 0 Å². The van der Waals surface area contributed by atoms with Gasteiger partial charge in [-0.1, -0.05) is 29.8 Å². The van der Waals surface area contributed by atoms with E-state index in [2.05, 4.69) is 10.3 Å². The Balaban J connectivity index is 1.85. The maximum atomic E-state index is 5.83. The highest BCUT2D eigenvalue weighted by Crippen LogP contribution is 2.11. The van der Waals surface area contributed by atoms with Crippen molar-refractivity contribution in [1.82, 2.24) is 10.3 Å². The average Bonchev–Trinajstić information content (AvgIpc) is 2.42. The van der Waals surface area contributed by atoms with Crippen molar-refractivity contribution in [3.8, 4) is 0 Å². The van der Waals surface area contributed by atoms with Gasteiger partial charge in [-0.3, -0.25) is 4.98 Å². The van der Waals surface area contributed by atoms with Crippen LogP contribution < -0.4 is 5.32 Å². The minimum absolute atomic E-state index is 0.514. The van der Waals surface area contributed by atoms with E-state index in [4.69, 9.17) is 16.3 Å². The van der Waals surface area contributed by atoms with Crippen molar-refractivity contribution in [2.24, 2.45) is 0 Å². The largest absolute Gasteiger partial charge is 0.370 e. The van der Waals surface area contributed by atoms with Crippen molar-refractivity contribution >= 4 is 11.6 Å². The van der Waals surface area contributed by atoms with Crippen molar-refractivity contribution in [1.29, 1.82) is 0 Å². The number of pyridine rings is 1. The van der Waals surface area contributed by atoms with E-state index >= 15 is 0 Å². The van der Waals surface area contributed by atoms with E-state index in [1.807, 2.05) is 49.5 Å². The summed E-state index contributed by atoms with van der Waals surface area (Å²) in [6, 6.07) is 13.6. The predicted molar refractivity (Wildman–Crippen MR) is 76.9 cm³/mol. The quantitative estimate of drug-likeness (QED) is 0.880. The first-order chi connectivity index (χ1) is 9.28. The molecule has 100 valence electrons. The van der Waals surface area contributed by atoms with Gasteiger partial charge in [-0.15, -0.1) is 0 Å². The lowest BCUT2D eigenvalue weighted by atomic mass is 10.2. The number of benzene rings is 1. The summed E-state index contributed by atoms with van der Waals surface area (Å²) in [4.78, 5) is 4.50. The van der Waals surface area contributed by atoms with Gasteiger partial charge in [0.25, 0.3) is 0 Å². The van der Waals surface area contributed by atoms with Gasteiger partial charge < -0.3 is 10.1 Å². The lowest BCUT2D eigenvalue weighted by molar-refractivity contribution is 0.104. The molecule has 1 aromatic carbocycles.